The van der Waals surface area contributed by atoms with Crippen LogP contribution in [0.4, 0.5) is 0 Å². The molecule has 1 saturated heterocycles. The molecule has 6 heteroatoms. The van der Waals surface area contributed by atoms with Gasteiger partial charge in [0, 0.05) is 23.6 Å². The summed E-state index contributed by atoms with van der Waals surface area (Å²) in [5, 5.41) is 3.84. The third-order valence-electron chi connectivity index (χ3n) is 3.65. The number of hydrogen-bond donors (Lipinski definition) is 1. The number of nitrogens with zero attached hydrogens (tertiary/aromatic N) is 1. The van der Waals surface area contributed by atoms with Crippen molar-refractivity contribution in [2.45, 2.75) is 25.3 Å². The molecule has 1 amide bonds. The van der Waals surface area contributed by atoms with E-state index in [-0.39, 0.29) is 11.9 Å². The van der Waals surface area contributed by atoms with Gasteiger partial charge >= 0.3 is 0 Å². The van der Waals surface area contributed by atoms with Crippen molar-refractivity contribution in [1.82, 2.24) is 10.2 Å². The molecule has 1 fully saturated rings. The topological polar surface area (TPSA) is 41.6 Å². The number of rotatable bonds is 5. The Hall–Kier alpha value is -0.970. The summed E-state index contributed by atoms with van der Waals surface area (Å²) in [6.45, 7) is 2.14. The summed E-state index contributed by atoms with van der Waals surface area (Å²) in [7, 11) is 1.68. The highest BCUT2D eigenvalue weighted by molar-refractivity contribution is 6.34. The molecule has 0 spiro atoms. The van der Waals surface area contributed by atoms with Gasteiger partial charge in [-0.25, -0.2) is 0 Å². The van der Waals surface area contributed by atoms with Gasteiger partial charge in [-0.15, -0.1) is 0 Å². The minimum atomic E-state index is -0.0460. The van der Waals surface area contributed by atoms with Crippen LogP contribution in [0.5, 0.6) is 5.75 Å². The molecule has 21 heavy (non-hydrogen) atoms. The molecule has 116 valence electrons. The predicted octanol–water partition coefficient (Wildman–Crippen LogP) is 2.97. The summed E-state index contributed by atoms with van der Waals surface area (Å²) in [4.78, 5) is 14.0. The normalized spacial score (nSPS) is 19.3. The van der Waals surface area contributed by atoms with Crippen molar-refractivity contribution in [3.05, 3.63) is 28.2 Å². The summed E-state index contributed by atoms with van der Waals surface area (Å²) >= 11 is 11.9. The number of nitrogens with one attached hydrogen (secondary N) is 1. The van der Waals surface area contributed by atoms with E-state index in [4.69, 9.17) is 27.9 Å². The molecule has 0 saturated carbocycles. The van der Waals surface area contributed by atoms with Crippen LogP contribution in [0, 0.1) is 0 Å². The quantitative estimate of drug-likeness (QED) is 0.902. The van der Waals surface area contributed by atoms with Gasteiger partial charge in [-0.3, -0.25) is 9.69 Å². The largest absolute Gasteiger partial charge is 0.492 e. The first kappa shape index (κ1) is 16.4. The minimum absolute atomic E-state index is 0.0460. The second-order valence-corrected chi connectivity index (χ2v) is 5.99. The number of piperidine rings is 1. The third kappa shape index (κ3) is 4.77. The Labute approximate surface area is 135 Å². The maximum Gasteiger partial charge on any atom is 0.237 e. The number of carbonyl (C=O) groups excluding carboxylic acids is 1. The monoisotopic (exact) mass is 330 g/mol. The maximum absolute atomic E-state index is 11.9. The van der Waals surface area contributed by atoms with E-state index in [0.29, 0.717) is 28.9 Å². The molecule has 1 aromatic rings. The van der Waals surface area contributed by atoms with Crippen LogP contribution in [0.1, 0.15) is 19.3 Å². The van der Waals surface area contributed by atoms with E-state index in [9.17, 15) is 4.79 Å². The molecular weight excluding hydrogens is 311 g/mol. The van der Waals surface area contributed by atoms with Gasteiger partial charge in [-0.05, 0) is 37.6 Å². The van der Waals surface area contributed by atoms with E-state index < -0.39 is 0 Å². The van der Waals surface area contributed by atoms with Gasteiger partial charge in [0.1, 0.15) is 12.4 Å². The first-order chi connectivity index (χ1) is 10.1. The Balaban J connectivity index is 1.87. The first-order valence-electron chi connectivity index (χ1n) is 7.14. The van der Waals surface area contributed by atoms with Crippen LogP contribution in [0.25, 0.3) is 0 Å². The summed E-state index contributed by atoms with van der Waals surface area (Å²) < 4.78 is 5.69. The Morgan fingerprint density at radius 2 is 2.05 bits per heavy atom. The molecule has 1 aliphatic rings. The second kappa shape index (κ2) is 7.87. The number of halogens is 2. The molecule has 1 aromatic carbocycles. The molecule has 0 aromatic heterocycles. The van der Waals surface area contributed by atoms with Crippen LogP contribution in [0.15, 0.2) is 18.2 Å². The fourth-order valence-electron chi connectivity index (χ4n) is 2.61. The average molecular weight is 331 g/mol. The van der Waals surface area contributed by atoms with Crippen LogP contribution in [0.2, 0.25) is 10.0 Å². The van der Waals surface area contributed by atoms with Gasteiger partial charge in [-0.1, -0.05) is 29.6 Å². The summed E-state index contributed by atoms with van der Waals surface area (Å²) in [5.41, 5.74) is 0. The summed E-state index contributed by atoms with van der Waals surface area (Å²) in [5.74, 6) is 0.738. The molecule has 1 atom stereocenters. The Morgan fingerprint density at radius 3 is 2.71 bits per heavy atom. The van der Waals surface area contributed by atoms with Crippen LogP contribution in [0.3, 0.4) is 0 Å². The maximum atomic E-state index is 11.9. The lowest BCUT2D eigenvalue weighted by Crippen LogP contribution is -2.49. The number of likely N-dealkylation sites (N-methyl/N-ethyl adjacent to an activating group) is 1. The molecule has 1 N–H and O–H groups in total. The lowest BCUT2D eigenvalue weighted by atomic mass is 10.0. The van der Waals surface area contributed by atoms with E-state index >= 15 is 0 Å². The Kier molecular flexibility index (Phi) is 6.15. The van der Waals surface area contributed by atoms with Gasteiger partial charge in [0.15, 0.2) is 0 Å². The van der Waals surface area contributed by atoms with Crippen molar-refractivity contribution in [3.8, 4) is 5.75 Å². The average Bonchev–Trinajstić information content (AvgIpc) is 2.46. The zero-order chi connectivity index (χ0) is 15.2. The van der Waals surface area contributed by atoms with E-state index in [1.807, 2.05) is 0 Å². The number of ether oxygens (including phenoxy) is 1. The van der Waals surface area contributed by atoms with Crippen molar-refractivity contribution in [1.29, 1.82) is 0 Å². The highest BCUT2D eigenvalue weighted by Crippen LogP contribution is 2.24. The highest BCUT2D eigenvalue weighted by Gasteiger charge is 2.27. The number of benzene rings is 1. The van der Waals surface area contributed by atoms with Crippen LogP contribution in [-0.2, 0) is 4.79 Å². The van der Waals surface area contributed by atoms with Crippen LogP contribution < -0.4 is 10.1 Å². The number of likely N-dealkylation sites (tertiary alicyclic amines) is 1. The van der Waals surface area contributed by atoms with Crippen molar-refractivity contribution >= 4 is 29.1 Å². The lowest BCUT2D eigenvalue weighted by Gasteiger charge is -2.34. The molecule has 2 rings (SSSR count). The van der Waals surface area contributed by atoms with Crippen LogP contribution >= 0.6 is 23.2 Å². The Bertz CT molecular complexity index is 476. The van der Waals surface area contributed by atoms with E-state index in [2.05, 4.69) is 10.2 Å². The van der Waals surface area contributed by atoms with E-state index in [1.54, 1.807) is 25.2 Å². The zero-order valence-corrected chi connectivity index (χ0v) is 13.6. The van der Waals surface area contributed by atoms with Crippen LogP contribution in [-0.4, -0.2) is 43.6 Å². The minimum Gasteiger partial charge on any atom is -0.492 e. The summed E-state index contributed by atoms with van der Waals surface area (Å²) in [6.07, 6.45) is 3.12. The molecule has 0 aliphatic carbocycles. The molecule has 0 radical (unpaired) electrons. The smallest absolute Gasteiger partial charge is 0.237 e. The fourth-order valence-corrected chi connectivity index (χ4v) is 3.12. The van der Waals surface area contributed by atoms with Crippen molar-refractivity contribution in [2.75, 3.05) is 26.7 Å². The van der Waals surface area contributed by atoms with Crippen molar-refractivity contribution in [2.24, 2.45) is 0 Å². The SMILES string of the molecule is CNC(=O)[C@H]1CCCCN1CCOc1cc(Cl)cc(Cl)c1. The fraction of sp³-hybridized carbons (Fsp3) is 0.533. The van der Waals surface area contributed by atoms with Gasteiger partial charge in [0.05, 0.1) is 6.04 Å². The highest BCUT2D eigenvalue weighted by atomic mass is 35.5. The standard InChI is InChI=1S/C15H20Cl2N2O2/c1-18-15(20)14-4-2-3-5-19(14)6-7-21-13-9-11(16)8-12(17)10-13/h8-10,14H,2-7H2,1H3,(H,18,20)/t14-/m1/s1. The lowest BCUT2D eigenvalue weighted by molar-refractivity contribution is -0.127. The molecule has 4 nitrogen and oxygen atoms in total. The van der Waals surface area contributed by atoms with Gasteiger partial charge < -0.3 is 10.1 Å². The first-order valence-corrected chi connectivity index (χ1v) is 7.90. The zero-order valence-electron chi connectivity index (χ0n) is 12.1. The number of hydrogen-bond acceptors (Lipinski definition) is 3. The van der Waals surface area contributed by atoms with Gasteiger partial charge in [-0.2, -0.15) is 0 Å². The molecule has 0 unspecified atom stereocenters. The summed E-state index contributed by atoms with van der Waals surface area (Å²) in [6, 6.07) is 5.09. The van der Waals surface area contributed by atoms with E-state index in [0.717, 1.165) is 25.8 Å². The van der Waals surface area contributed by atoms with Crippen molar-refractivity contribution < 1.29 is 9.53 Å². The number of amides is 1. The Morgan fingerprint density at radius 1 is 1.33 bits per heavy atom. The molecule has 1 heterocycles. The van der Waals surface area contributed by atoms with Gasteiger partial charge in [0.25, 0.3) is 0 Å². The number of carbonyl (C=O) groups is 1. The molecule has 0 bridgehead atoms. The second-order valence-electron chi connectivity index (χ2n) is 5.12. The van der Waals surface area contributed by atoms with Gasteiger partial charge in [0.2, 0.25) is 5.91 Å². The molecule has 1 aliphatic heterocycles. The van der Waals surface area contributed by atoms with E-state index in [1.165, 1.54) is 0 Å². The van der Waals surface area contributed by atoms with Crippen molar-refractivity contribution in [3.63, 3.8) is 0 Å². The third-order valence-corrected chi connectivity index (χ3v) is 4.08. The molecular formula is C15H20Cl2N2O2. The predicted molar refractivity (Wildman–Crippen MR) is 85.2 cm³/mol.